The van der Waals surface area contributed by atoms with E-state index in [4.69, 9.17) is 21.1 Å². The molecule has 10 heteroatoms. The summed E-state index contributed by atoms with van der Waals surface area (Å²) in [4.78, 5) is 16.3. The highest BCUT2D eigenvalue weighted by Crippen LogP contribution is 2.34. The van der Waals surface area contributed by atoms with Gasteiger partial charge in [-0.1, -0.05) is 40.2 Å². The average molecular weight is 523 g/mol. The maximum atomic E-state index is 11.9. The Morgan fingerprint density at radius 1 is 1.32 bits per heavy atom. The van der Waals surface area contributed by atoms with Gasteiger partial charge < -0.3 is 14.6 Å². The Kier molecular flexibility index (Phi) is 7.78. The van der Waals surface area contributed by atoms with Crippen molar-refractivity contribution in [3.05, 3.63) is 69.0 Å². The van der Waals surface area contributed by atoms with Gasteiger partial charge in [-0.3, -0.25) is 5.10 Å². The lowest BCUT2D eigenvalue weighted by Crippen LogP contribution is -1.99. The topological polar surface area (TPSA) is 97.3 Å². The largest absolute Gasteiger partial charge is 0.496 e. The number of nitrogens with zero attached hydrogens (tertiary/aromatic N) is 2. The van der Waals surface area contributed by atoms with Gasteiger partial charge in [0.15, 0.2) is 5.82 Å². The highest BCUT2D eigenvalue weighted by Gasteiger charge is 2.17. The van der Waals surface area contributed by atoms with Gasteiger partial charge in [0.25, 0.3) is 0 Å². The third kappa shape index (κ3) is 5.90. The second-order valence-corrected chi connectivity index (χ2v) is 8.37. The summed E-state index contributed by atoms with van der Waals surface area (Å²) in [6.07, 6.45) is 3.12. The number of methoxy groups -OCH3 is 1. The first-order valence-electron chi connectivity index (χ1n) is 8.83. The van der Waals surface area contributed by atoms with Crippen molar-refractivity contribution < 1.29 is 19.4 Å². The van der Waals surface area contributed by atoms with E-state index in [1.165, 1.54) is 13.2 Å². The molecule has 0 aliphatic rings. The molecule has 0 aliphatic carbocycles. The molecule has 0 saturated heterocycles. The molecule has 160 valence electrons. The van der Waals surface area contributed by atoms with E-state index in [1.54, 1.807) is 36.4 Å². The summed E-state index contributed by atoms with van der Waals surface area (Å²) in [6, 6.07) is 10.4. The fraction of sp³-hybridized carbons (Fsp3) is 0.0952. The van der Waals surface area contributed by atoms with Crippen LogP contribution in [0.5, 0.6) is 11.5 Å². The molecule has 0 amide bonds. The lowest BCUT2D eigenvalue weighted by molar-refractivity contribution is -0.131. The Morgan fingerprint density at radius 2 is 2.10 bits per heavy atom. The summed E-state index contributed by atoms with van der Waals surface area (Å²) < 4.78 is 11.7. The number of aromatic nitrogens is 3. The van der Waals surface area contributed by atoms with E-state index < -0.39 is 5.97 Å². The van der Waals surface area contributed by atoms with Crippen LogP contribution in [-0.2, 0) is 4.79 Å². The Hall–Kier alpha value is -2.75. The molecule has 1 heterocycles. The molecular weight excluding hydrogens is 506 g/mol. The number of carbonyl (C=O) groups is 1. The van der Waals surface area contributed by atoms with Gasteiger partial charge in [0.1, 0.15) is 23.0 Å². The van der Waals surface area contributed by atoms with Gasteiger partial charge in [-0.15, -0.1) is 5.10 Å². The number of aromatic amines is 1. The zero-order valence-electron chi connectivity index (χ0n) is 16.3. The zero-order chi connectivity index (χ0) is 22.4. The number of halogens is 2. The number of hydrogen-bond donors (Lipinski definition) is 2. The standard InChI is InChI=1S/C21H17BrClN3O4S/c1-3-8-30-16-6-4-13(22)9-12(16)10-18(20(27)28)31-21-24-19(25-26-21)15-11-14(23)5-7-17(15)29-2/h3-7,9-11H,1,8H2,2H3,(H,27,28)(H,24,25,26)/b18-10-. The smallest absolute Gasteiger partial charge is 0.342 e. The molecular formula is C21H17BrClN3O4S. The number of carboxylic acid groups (broad SMARTS) is 1. The molecule has 0 fully saturated rings. The monoisotopic (exact) mass is 521 g/mol. The molecule has 2 aromatic carbocycles. The van der Waals surface area contributed by atoms with Crippen LogP contribution >= 0.6 is 39.3 Å². The predicted octanol–water partition coefficient (Wildman–Crippen LogP) is 5.68. The Labute approximate surface area is 196 Å². The van der Waals surface area contributed by atoms with Crippen molar-refractivity contribution in [2.24, 2.45) is 0 Å². The average Bonchev–Trinajstić information content (AvgIpc) is 3.21. The van der Waals surface area contributed by atoms with E-state index in [0.29, 0.717) is 40.1 Å². The van der Waals surface area contributed by atoms with Gasteiger partial charge in [0.05, 0.1) is 12.7 Å². The molecule has 0 saturated carbocycles. The van der Waals surface area contributed by atoms with Crippen LogP contribution in [0.1, 0.15) is 5.56 Å². The van der Waals surface area contributed by atoms with Gasteiger partial charge in [-0.25, -0.2) is 9.78 Å². The van der Waals surface area contributed by atoms with Crippen molar-refractivity contribution in [1.29, 1.82) is 0 Å². The van der Waals surface area contributed by atoms with Crippen LogP contribution < -0.4 is 9.47 Å². The fourth-order valence-electron chi connectivity index (χ4n) is 2.56. The minimum Gasteiger partial charge on any atom is -0.496 e. The van der Waals surface area contributed by atoms with E-state index in [1.807, 2.05) is 6.07 Å². The third-order valence-corrected chi connectivity index (χ3v) is 5.51. The number of nitrogens with one attached hydrogen (secondary N) is 1. The molecule has 31 heavy (non-hydrogen) atoms. The van der Waals surface area contributed by atoms with E-state index >= 15 is 0 Å². The second kappa shape index (κ2) is 10.5. The van der Waals surface area contributed by atoms with E-state index in [2.05, 4.69) is 37.7 Å². The van der Waals surface area contributed by atoms with Crippen molar-refractivity contribution in [3.8, 4) is 22.9 Å². The van der Waals surface area contributed by atoms with Crippen LogP contribution in [0, 0.1) is 0 Å². The summed E-state index contributed by atoms with van der Waals surface area (Å²) >= 11 is 10.4. The summed E-state index contributed by atoms with van der Waals surface area (Å²) in [5, 5.41) is 17.4. The summed E-state index contributed by atoms with van der Waals surface area (Å²) in [6.45, 7) is 3.92. The molecule has 0 atom stereocenters. The Morgan fingerprint density at radius 3 is 2.81 bits per heavy atom. The zero-order valence-corrected chi connectivity index (χ0v) is 19.4. The second-order valence-electron chi connectivity index (χ2n) is 6.01. The minimum absolute atomic E-state index is 0.0187. The summed E-state index contributed by atoms with van der Waals surface area (Å²) in [5.74, 6) is 0.376. The minimum atomic E-state index is -1.12. The van der Waals surface area contributed by atoms with Crippen molar-refractivity contribution in [2.75, 3.05) is 13.7 Å². The lowest BCUT2D eigenvalue weighted by atomic mass is 10.2. The number of aliphatic carboxylic acids is 1. The number of H-pyrrole nitrogens is 1. The van der Waals surface area contributed by atoms with Crippen LogP contribution in [-0.4, -0.2) is 40.0 Å². The van der Waals surface area contributed by atoms with E-state index in [9.17, 15) is 9.90 Å². The number of hydrogen-bond acceptors (Lipinski definition) is 6. The van der Waals surface area contributed by atoms with E-state index in [0.717, 1.165) is 16.2 Å². The van der Waals surface area contributed by atoms with Crippen LogP contribution in [0.2, 0.25) is 5.02 Å². The molecule has 2 N–H and O–H groups in total. The van der Waals surface area contributed by atoms with Gasteiger partial charge in [-0.05, 0) is 54.2 Å². The van der Waals surface area contributed by atoms with Crippen LogP contribution in [0.25, 0.3) is 17.5 Å². The molecule has 0 spiro atoms. The maximum absolute atomic E-state index is 11.9. The molecule has 3 aromatic rings. The molecule has 3 rings (SSSR count). The SMILES string of the molecule is C=CCOc1ccc(Br)cc1/C=C(\Sc1n[nH]c(-c2cc(Cl)ccc2OC)n1)C(=O)O. The number of rotatable bonds is 9. The predicted molar refractivity (Wildman–Crippen MR) is 125 cm³/mol. The normalized spacial score (nSPS) is 11.3. The van der Waals surface area contributed by atoms with Gasteiger partial charge in [0.2, 0.25) is 5.16 Å². The van der Waals surface area contributed by atoms with Crippen molar-refractivity contribution in [2.45, 2.75) is 5.16 Å². The number of benzene rings is 2. The highest BCUT2D eigenvalue weighted by molar-refractivity contribution is 9.10. The molecule has 0 bridgehead atoms. The number of carboxylic acids is 1. The van der Waals surface area contributed by atoms with Gasteiger partial charge in [-0.2, -0.15) is 0 Å². The van der Waals surface area contributed by atoms with Crippen molar-refractivity contribution in [1.82, 2.24) is 15.2 Å². The quantitative estimate of drug-likeness (QED) is 0.212. The Bertz CT molecular complexity index is 1150. The summed E-state index contributed by atoms with van der Waals surface area (Å²) in [5.41, 5.74) is 1.20. The van der Waals surface area contributed by atoms with Crippen LogP contribution in [0.3, 0.4) is 0 Å². The van der Waals surface area contributed by atoms with Gasteiger partial charge in [0, 0.05) is 15.1 Å². The molecule has 0 aliphatic heterocycles. The summed E-state index contributed by atoms with van der Waals surface area (Å²) in [7, 11) is 1.54. The number of ether oxygens (including phenoxy) is 2. The molecule has 1 aromatic heterocycles. The van der Waals surface area contributed by atoms with Crippen LogP contribution in [0.15, 0.2) is 63.6 Å². The molecule has 7 nitrogen and oxygen atoms in total. The van der Waals surface area contributed by atoms with Gasteiger partial charge >= 0.3 is 5.97 Å². The third-order valence-electron chi connectivity index (χ3n) is 3.91. The highest BCUT2D eigenvalue weighted by atomic mass is 79.9. The van der Waals surface area contributed by atoms with E-state index in [-0.39, 0.29) is 10.1 Å². The lowest BCUT2D eigenvalue weighted by Gasteiger charge is -2.09. The van der Waals surface area contributed by atoms with Crippen LogP contribution in [0.4, 0.5) is 0 Å². The first-order valence-corrected chi connectivity index (χ1v) is 10.8. The molecule has 0 unspecified atom stereocenters. The fourth-order valence-corrected chi connectivity index (χ4v) is 3.81. The first-order chi connectivity index (χ1) is 14.9. The Balaban J connectivity index is 1.92. The molecule has 0 radical (unpaired) electrons. The first kappa shape index (κ1) is 22.9. The maximum Gasteiger partial charge on any atom is 0.342 e. The number of thioether (sulfide) groups is 1. The van der Waals surface area contributed by atoms with Crippen molar-refractivity contribution >= 4 is 51.3 Å². The van der Waals surface area contributed by atoms with Crippen molar-refractivity contribution in [3.63, 3.8) is 0 Å².